The Hall–Kier alpha value is -3.43. The van der Waals surface area contributed by atoms with Crippen molar-refractivity contribution in [3.63, 3.8) is 0 Å². The molecule has 0 bridgehead atoms. The second-order valence-electron chi connectivity index (χ2n) is 7.61. The maximum atomic E-state index is 15.0. The smallest absolute Gasteiger partial charge is 0.414 e. The SMILES string of the molecule is CC(=O)NCC1COC(=O)N1c1ccc(N2CCN(c3ccnc(C)n3)CC2)c(F)c1. The third-order valence-electron chi connectivity index (χ3n) is 5.46. The Balaban J connectivity index is 1.44. The Labute approximate surface area is 179 Å². The van der Waals surface area contributed by atoms with Crippen LogP contribution in [0.4, 0.5) is 26.4 Å². The quantitative estimate of drug-likeness (QED) is 0.775. The number of nitrogens with zero attached hydrogens (tertiary/aromatic N) is 5. The van der Waals surface area contributed by atoms with Crippen LogP contribution >= 0.6 is 0 Å². The molecule has 4 rings (SSSR count). The van der Waals surface area contributed by atoms with Crippen LogP contribution in [-0.2, 0) is 9.53 Å². The first-order valence-corrected chi connectivity index (χ1v) is 10.2. The van der Waals surface area contributed by atoms with Gasteiger partial charge in [-0.25, -0.2) is 19.2 Å². The fourth-order valence-corrected chi connectivity index (χ4v) is 3.89. The van der Waals surface area contributed by atoms with Crippen LogP contribution in [0.5, 0.6) is 0 Å². The van der Waals surface area contributed by atoms with Gasteiger partial charge in [0.05, 0.1) is 17.4 Å². The zero-order valence-electron chi connectivity index (χ0n) is 17.5. The number of piperazine rings is 1. The molecule has 31 heavy (non-hydrogen) atoms. The number of aryl methyl sites for hydroxylation is 1. The Morgan fingerprint density at radius 2 is 1.97 bits per heavy atom. The van der Waals surface area contributed by atoms with Gasteiger partial charge < -0.3 is 19.9 Å². The van der Waals surface area contributed by atoms with Gasteiger partial charge in [-0.1, -0.05) is 0 Å². The number of carbonyl (C=O) groups is 2. The molecule has 1 aromatic heterocycles. The first-order chi connectivity index (χ1) is 14.9. The molecule has 0 radical (unpaired) electrons. The predicted molar refractivity (Wildman–Crippen MR) is 114 cm³/mol. The lowest BCUT2D eigenvalue weighted by atomic mass is 10.2. The summed E-state index contributed by atoms with van der Waals surface area (Å²) in [6.07, 6.45) is 1.20. The highest BCUT2D eigenvalue weighted by Crippen LogP contribution is 2.29. The minimum Gasteiger partial charge on any atom is -0.447 e. The molecule has 9 nitrogen and oxygen atoms in total. The molecule has 2 amide bonds. The van der Waals surface area contributed by atoms with Crippen molar-refractivity contribution >= 4 is 29.2 Å². The molecule has 1 atom stereocenters. The summed E-state index contributed by atoms with van der Waals surface area (Å²) in [4.78, 5) is 37.5. The summed E-state index contributed by atoms with van der Waals surface area (Å²) >= 11 is 0. The first-order valence-electron chi connectivity index (χ1n) is 10.2. The fourth-order valence-electron chi connectivity index (χ4n) is 3.89. The Morgan fingerprint density at radius 3 is 2.65 bits per heavy atom. The van der Waals surface area contributed by atoms with Gasteiger partial charge >= 0.3 is 6.09 Å². The van der Waals surface area contributed by atoms with E-state index < -0.39 is 11.9 Å². The highest BCUT2D eigenvalue weighted by molar-refractivity contribution is 5.90. The Bertz CT molecular complexity index is 979. The Kier molecular flexibility index (Phi) is 5.88. The van der Waals surface area contributed by atoms with E-state index in [0.29, 0.717) is 24.5 Å². The number of halogens is 1. The van der Waals surface area contributed by atoms with E-state index >= 15 is 4.39 Å². The van der Waals surface area contributed by atoms with Crippen molar-refractivity contribution < 1.29 is 18.7 Å². The van der Waals surface area contributed by atoms with E-state index in [0.717, 1.165) is 24.7 Å². The van der Waals surface area contributed by atoms with Gasteiger partial charge in [0.15, 0.2) is 0 Å². The summed E-state index contributed by atoms with van der Waals surface area (Å²) in [5, 5.41) is 2.68. The largest absolute Gasteiger partial charge is 0.447 e. The molecule has 2 aliphatic rings. The Morgan fingerprint density at radius 1 is 1.23 bits per heavy atom. The molecule has 2 saturated heterocycles. The summed E-state index contributed by atoms with van der Waals surface area (Å²) in [6, 6.07) is 6.26. The minimum atomic E-state index is -0.545. The molecule has 3 heterocycles. The number of ether oxygens (including phenoxy) is 1. The molecule has 2 aromatic rings. The molecule has 1 unspecified atom stereocenters. The van der Waals surface area contributed by atoms with Crippen LogP contribution in [0, 0.1) is 12.7 Å². The molecule has 0 aliphatic carbocycles. The van der Waals surface area contributed by atoms with Gasteiger partial charge in [-0.2, -0.15) is 0 Å². The van der Waals surface area contributed by atoms with Gasteiger partial charge in [-0.15, -0.1) is 0 Å². The van der Waals surface area contributed by atoms with E-state index in [1.807, 2.05) is 17.9 Å². The summed E-state index contributed by atoms with van der Waals surface area (Å²) in [7, 11) is 0. The highest BCUT2D eigenvalue weighted by atomic mass is 19.1. The van der Waals surface area contributed by atoms with Gasteiger partial charge in [0.1, 0.15) is 24.1 Å². The van der Waals surface area contributed by atoms with E-state index in [2.05, 4.69) is 20.2 Å². The van der Waals surface area contributed by atoms with Gasteiger partial charge in [-0.05, 0) is 31.2 Å². The van der Waals surface area contributed by atoms with Crippen molar-refractivity contribution in [1.29, 1.82) is 0 Å². The number of rotatable bonds is 5. The molecule has 10 heteroatoms. The lowest BCUT2D eigenvalue weighted by Gasteiger charge is -2.37. The number of aromatic nitrogens is 2. The normalized spacial score (nSPS) is 18.9. The van der Waals surface area contributed by atoms with E-state index in [1.165, 1.54) is 17.9 Å². The third kappa shape index (κ3) is 4.52. The number of hydrogen-bond donors (Lipinski definition) is 1. The van der Waals surface area contributed by atoms with Crippen LogP contribution in [0.15, 0.2) is 30.5 Å². The lowest BCUT2D eigenvalue weighted by molar-refractivity contribution is -0.119. The third-order valence-corrected chi connectivity index (χ3v) is 5.46. The molecule has 0 spiro atoms. The fraction of sp³-hybridized carbons (Fsp3) is 0.429. The van der Waals surface area contributed by atoms with Crippen molar-refractivity contribution in [1.82, 2.24) is 15.3 Å². The zero-order chi connectivity index (χ0) is 22.0. The van der Waals surface area contributed by atoms with E-state index in [-0.39, 0.29) is 25.1 Å². The maximum Gasteiger partial charge on any atom is 0.414 e. The van der Waals surface area contributed by atoms with Crippen molar-refractivity contribution in [2.45, 2.75) is 19.9 Å². The van der Waals surface area contributed by atoms with Gasteiger partial charge in [0, 0.05) is 45.8 Å². The number of anilines is 3. The number of cyclic esters (lactones) is 1. The predicted octanol–water partition coefficient (Wildman–Crippen LogP) is 1.71. The molecule has 1 N–H and O–H groups in total. The zero-order valence-corrected chi connectivity index (χ0v) is 17.5. The van der Waals surface area contributed by atoms with Crippen LogP contribution in [0.2, 0.25) is 0 Å². The number of hydrogen-bond acceptors (Lipinski definition) is 7. The minimum absolute atomic E-state index is 0.146. The van der Waals surface area contributed by atoms with Crippen molar-refractivity contribution in [2.24, 2.45) is 0 Å². The highest BCUT2D eigenvalue weighted by Gasteiger charge is 2.35. The molecule has 2 fully saturated rings. The lowest BCUT2D eigenvalue weighted by Crippen LogP contribution is -2.47. The number of amides is 2. The van der Waals surface area contributed by atoms with Gasteiger partial charge in [0.25, 0.3) is 0 Å². The number of carbonyl (C=O) groups excluding carboxylic acids is 2. The summed E-state index contributed by atoms with van der Waals surface area (Å²) in [5.74, 6) is 0.999. The first kappa shape index (κ1) is 20.8. The van der Waals surface area contributed by atoms with Crippen LogP contribution in [-0.4, -0.2) is 67.3 Å². The summed E-state index contributed by atoms with van der Waals surface area (Å²) in [5.41, 5.74) is 0.905. The van der Waals surface area contributed by atoms with E-state index in [9.17, 15) is 9.59 Å². The average molecular weight is 428 g/mol. The molecular formula is C21H25FN6O3. The van der Waals surface area contributed by atoms with Crippen LogP contribution in [0.1, 0.15) is 12.7 Å². The second kappa shape index (κ2) is 8.75. The van der Waals surface area contributed by atoms with Gasteiger partial charge in [-0.3, -0.25) is 9.69 Å². The van der Waals surface area contributed by atoms with Crippen LogP contribution in [0.3, 0.4) is 0 Å². The van der Waals surface area contributed by atoms with Crippen molar-refractivity contribution in [3.8, 4) is 0 Å². The monoisotopic (exact) mass is 428 g/mol. The van der Waals surface area contributed by atoms with E-state index in [1.54, 1.807) is 18.3 Å². The standard InChI is InChI=1S/C21H25FN6O3/c1-14-23-6-5-20(25-14)27-9-7-26(8-10-27)19-4-3-16(11-18(19)22)28-17(12-24-15(2)29)13-31-21(28)30/h3-6,11,17H,7-10,12-13H2,1-2H3,(H,24,29). The molecule has 0 saturated carbocycles. The summed E-state index contributed by atoms with van der Waals surface area (Å²) in [6.45, 7) is 6.38. The molecule has 2 aliphatic heterocycles. The number of nitrogens with one attached hydrogen (secondary N) is 1. The van der Waals surface area contributed by atoms with Crippen LogP contribution < -0.4 is 20.0 Å². The second-order valence-corrected chi connectivity index (χ2v) is 7.61. The molecule has 1 aromatic carbocycles. The topological polar surface area (TPSA) is 90.9 Å². The van der Waals surface area contributed by atoms with Crippen molar-refractivity contribution in [2.75, 3.05) is 54.0 Å². The van der Waals surface area contributed by atoms with E-state index in [4.69, 9.17) is 4.74 Å². The van der Waals surface area contributed by atoms with Gasteiger partial charge in [0.2, 0.25) is 5.91 Å². The average Bonchev–Trinajstić information content (AvgIpc) is 3.12. The maximum absolute atomic E-state index is 15.0. The summed E-state index contributed by atoms with van der Waals surface area (Å²) < 4.78 is 20.1. The van der Waals surface area contributed by atoms with Crippen molar-refractivity contribution in [3.05, 3.63) is 42.1 Å². The van der Waals surface area contributed by atoms with Crippen LogP contribution in [0.25, 0.3) is 0 Å². The number of benzene rings is 1. The molecular weight excluding hydrogens is 403 g/mol. The molecule has 164 valence electrons.